The SMILES string of the molecule is CC[C@H]1CCN(c2ccc(CCNC(=O)c3sc4nc(C)ccc4c3N)cc2Cl)C1. The number of fused-ring (bicyclic) bond motifs is 1. The lowest BCUT2D eigenvalue weighted by Crippen LogP contribution is -2.25. The molecule has 1 fully saturated rings. The summed E-state index contributed by atoms with van der Waals surface area (Å²) in [5, 5.41) is 4.60. The average molecular weight is 443 g/mol. The van der Waals surface area contributed by atoms with Crippen molar-refractivity contribution in [2.75, 3.05) is 30.3 Å². The predicted molar refractivity (Wildman–Crippen MR) is 127 cm³/mol. The van der Waals surface area contributed by atoms with Crippen molar-refractivity contribution in [2.24, 2.45) is 5.92 Å². The highest BCUT2D eigenvalue weighted by atomic mass is 35.5. The number of hydrogen-bond acceptors (Lipinski definition) is 5. The number of aryl methyl sites for hydroxylation is 1. The third kappa shape index (κ3) is 4.25. The smallest absolute Gasteiger partial charge is 0.263 e. The van der Waals surface area contributed by atoms with Gasteiger partial charge in [-0.3, -0.25) is 4.79 Å². The molecule has 4 rings (SSSR count). The molecule has 0 saturated carbocycles. The molecule has 3 N–H and O–H groups in total. The molecular formula is C23H27ClN4OS. The number of nitrogens with two attached hydrogens (primary N) is 1. The zero-order valence-electron chi connectivity index (χ0n) is 17.4. The van der Waals surface area contributed by atoms with Gasteiger partial charge in [-0.2, -0.15) is 0 Å². The largest absolute Gasteiger partial charge is 0.397 e. The standard InChI is InChI=1S/C23H27ClN4OS/c1-3-15-9-11-28(13-15)19-7-5-16(12-18(19)24)8-10-26-22(29)21-20(25)17-6-4-14(2)27-23(17)30-21/h4-7,12,15H,3,8-11,13,25H2,1-2H3,(H,26,29)/t15-/m0/s1. The fraction of sp³-hybridized carbons (Fsp3) is 0.391. The van der Waals surface area contributed by atoms with E-state index < -0.39 is 0 Å². The van der Waals surface area contributed by atoms with E-state index in [1.165, 1.54) is 24.2 Å². The van der Waals surface area contributed by atoms with Crippen LogP contribution in [0.15, 0.2) is 30.3 Å². The van der Waals surface area contributed by atoms with E-state index in [0.29, 0.717) is 23.5 Å². The molecule has 0 aliphatic carbocycles. The number of carbonyl (C=O) groups is 1. The maximum atomic E-state index is 12.6. The minimum Gasteiger partial charge on any atom is -0.397 e. The van der Waals surface area contributed by atoms with Crippen LogP contribution >= 0.6 is 22.9 Å². The van der Waals surface area contributed by atoms with Crippen LogP contribution in [0.4, 0.5) is 11.4 Å². The first-order valence-corrected chi connectivity index (χ1v) is 11.6. The summed E-state index contributed by atoms with van der Waals surface area (Å²) in [6.07, 6.45) is 3.16. The third-order valence-electron chi connectivity index (χ3n) is 5.85. The molecule has 3 heterocycles. The lowest BCUT2D eigenvalue weighted by Gasteiger charge is -2.20. The Bertz CT molecular complexity index is 1080. The summed E-state index contributed by atoms with van der Waals surface area (Å²) >= 11 is 7.90. The first-order chi connectivity index (χ1) is 14.5. The number of thiophene rings is 1. The van der Waals surface area contributed by atoms with E-state index in [-0.39, 0.29) is 5.91 Å². The molecule has 1 atom stereocenters. The van der Waals surface area contributed by atoms with Crippen LogP contribution in [0.25, 0.3) is 10.2 Å². The number of hydrogen-bond donors (Lipinski definition) is 2. The number of carbonyl (C=O) groups excluding carboxylic acids is 1. The summed E-state index contributed by atoms with van der Waals surface area (Å²) in [4.78, 5) is 20.8. The molecule has 0 spiro atoms. The van der Waals surface area contributed by atoms with Crippen molar-refractivity contribution in [3.63, 3.8) is 0 Å². The van der Waals surface area contributed by atoms with Crippen LogP contribution in [0.2, 0.25) is 5.02 Å². The maximum Gasteiger partial charge on any atom is 0.263 e. The van der Waals surface area contributed by atoms with E-state index in [1.807, 2.05) is 25.1 Å². The number of rotatable bonds is 6. The molecule has 158 valence electrons. The second-order valence-electron chi connectivity index (χ2n) is 7.95. The highest BCUT2D eigenvalue weighted by Crippen LogP contribution is 2.33. The normalized spacial score (nSPS) is 16.4. The van der Waals surface area contributed by atoms with Crippen molar-refractivity contribution in [2.45, 2.75) is 33.1 Å². The van der Waals surface area contributed by atoms with Crippen molar-refractivity contribution >= 4 is 50.4 Å². The average Bonchev–Trinajstić information content (AvgIpc) is 3.32. The van der Waals surface area contributed by atoms with E-state index in [1.54, 1.807) is 0 Å². The number of nitrogens with one attached hydrogen (secondary N) is 1. The number of pyridine rings is 1. The quantitative estimate of drug-likeness (QED) is 0.560. The summed E-state index contributed by atoms with van der Waals surface area (Å²) in [6.45, 7) is 6.85. The Morgan fingerprint density at radius 2 is 2.20 bits per heavy atom. The summed E-state index contributed by atoms with van der Waals surface area (Å²) in [5.74, 6) is 0.606. The Labute approximate surface area is 186 Å². The first-order valence-electron chi connectivity index (χ1n) is 10.4. The van der Waals surface area contributed by atoms with Gasteiger partial charge in [0.05, 0.1) is 16.4 Å². The van der Waals surface area contributed by atoms with Crippen LogP contribution in [0.3, 0.4) is 0 Å². The number of nitrogens with zero attached hydrogens (tertiary/aromatic N) is 2. The lowest BCUT2D eigenvalue weighted by molar-refractivity contribution is 0.0959. The van der Waals surface area contributed by atoms with Gasteiger partial charge >= 0.3 is 0 Å². The van der Waals surface area contributed by atoms with Crippen LogP contribution in [-0.4, -0.2) is 30.5 Å². The van der Waals surface area contributed by atoms with Crippen LogP contribution < -0.4 is 16.0 Å². The zero-order valence-corrected chi connectivity index (χ0v) is 18.9. The minimum absolute atomic E-state index is 0.154. The van der Waals surface area contributed by atoms with E-state index in [2.05, 4.69) is 34.3 Å². The zero-order chi connectivity index (χ0) is 21.3. The van der Waals surface area contributed by atoms with E-state index in [0.717, 1.165) is 51.2 Å². The number of benzene rings is 1. The van der Waals surface area contributed by atoms with E-state index >= 15 is 0 Å². The van der Waals surface area contributed by atoms with Crippen LogP contribution in [-0.2, 0) is 6.42 Å². The molecule has 0 bridgehead atoms. The van der Waals surface area contributed by atoms with Gasteiger partial charge in [0.25, 0.3) is 5.91 Å². The van der Waals surface area contributed by atoms with Crippen molar-refractivity contribution in [1.82, 2.24) is 10.3 Å². The van der Waals surface area contributed by atoms with Crippen molar-refractivity contribution in [3.8, 4) is 0 Å². The van der Waals surface area contributed by atoms with Gasteiger partial charge in [0.1, 0.15) is 9.71 Å². The molecule has 1 aliphatic rings. The molecule has 2 aromatic heterocycles. The van der Waals surface area contributed by atoms with Crippen LogP contribution in [0.1, 0.15) is 40.7 Å². The Kier molecular flexibility index (Phi) is 6.16. The van der Waals surface area contributed by atoms with Crippen LogP contribution in [0, 0.1) is 12.8 Å². The van der Waals surface area contributed by atoms with Gasteiger partial charge in [-0.15, -0.1) is 11.3 Å². The minimum atomic E-state index is -0.154. The molecule has 0 unspecified atom stereocenters. The molecule has 3 aromatic rings. The second-order valence-corrected chi connectivity index (χ2v) is 9.36. The molecule has 1 aromatic carbocycles. The molecular weight excluding hydrogens is 416 g/mol. The van der Waals surface area contributed by atoms with Gasteiger partial charge in [0.2, 0.25) is 0 Å². The van der Waals surface area contributed by atoms with Gasteiger partial charge in [-0.1, -0.05) is 31.0 Å². The highest BCUT2D eigenvalue weighted by Gasteiger charge is 2.22. The topological polar surface area (TPSA) is 71.2 Å². The number of halogens is 1. The highest BCUT2D eigenvalue weighted by molar-refractivity contribution is 7.21. The monoisotopic (exact) mass is 442 g/mol. The number of nitrogen functional groups attached to an aromatic ring is 1. The second kappa shape index (κ2) is 8.82. The van der Waals surface area contributed by atoms with Crippen LogP contribution in [0.5, 0.6) is 0 Å². The number of amides is 1. The maximum absolute atomic E-state index is 12.6. The predicted octanol–water partition coefficient (Wildman–Crippen LogP) is 5.05. The van der Waals surface area contributed by atoms with E-state index in [9.17, 15) is 4.79 Å². The Morgan fingerprint density at radius 3 is 2.93 bits per heavy atom. The molecule has 1 saturated heterocycles. The number of anilines is 2. The summed E-state index contributed by atoms with van der Waals surface area (Å²) in [5.41, 5.74) is 9.81. The lowest BCUT2D eigenvalue weighted by atomic mass is 10.1. The fourth-order valence-electron chi connectivity index (χ4n) is 4.01. The van der Waals surface area contributed by atoms with Gasteiger partial charge in [0, 0.05) is 30.7 Å². The summed E-state index contributed by atoms with van der Waals surface area (Å²) in [7, 11) is 0. The van der Waals surface area contributed by atoms with Crippen molar-refractivity contribution < 1.29 is 4.79 Å². The van der Waals surface area contributed by atoms with E-state index in [4.69, 9.17) is 17.3 Å². The fourth-order valence-corrected chi connectivity index (χ4v) is 5.38. The summed E-state index contributed by atoms with van der Waals surface area (Å²) < 4.78 is 0. The Hall–Kier alpha value is -2.31. The number of aromatic nitrogens is 1. The molecule has 30 heavy (non-hydrogen) atoms. The van der Waals surface area contributed by atoms with Gasteiger partial charge < -0.3 is 16.0 Å². The Balaban J connectivity index is 1.37. The third-order valence-corrected chi connectivity index (χ3v) is 7.27. The molecule has 1 amide bonds. The molecule has 7 heteroatoms. The van der Waals surface area contributed by atoms with Crippen molar-refractivity contribution in [1.29, 1.82) is 0 Å². The molecule has 1 aliphatic heterocycles. The van der Waals surface area contributed by atoms with Gasteiger partial charge in [-0.25, -0.2) is 4.98 Å². The van der Waals surface area contributed by atoms with Gasteiger partial charge in [0.15, 0.2) is 0 Å². The Morgan fingerprint density at radius 1 is 1.37 bits per heavy atom. The van der Waals surface area contributed by atoms with Crippen molar-refractivity contribution in [3.05, 3.63) is 51.5 Å². The first kappa shape index (κ1) is 20.9. The molecule has 5 nitrogen and oxygen atoms in total. The van der Waals surface area contributed by atoms with Gasteiger partial charge in [-0.05, 0) is 55.5 Å². The molecule has 0 radical (unpaired) electrons. The summed E-state index contributed by atoms with van der Waals surface area (Å²) in [6, 6.07) is 10.1.